The van der Waals surface area contributed by atoms with Gasteiger partial charge in [-0.15, -0.1) is 11.3 Å². The number of benzene rings is 5. The molecule has 0 fully saturated rings. The SMILES string of the molecule is CC(C)(C)c1ccnc(-c2cccc(Oc3ccc4c5cc6sc7ccccc7c6cc5n5c6ccccc6nc5c4c3)c2)c1. The van der Waals surface area contributed by atoms with E-state index >= 15 is 0 Å². The summed E-state index contributed by atoms with van der Waals surface area (Å²) in [4.78, 5) is 9.82. The Morgan fingerprint density at radius 3 is 2.38 bits per heavy atom. The van der Waals surface area contributed by atoms with Crippen LogP contribution >= 0.6 is 11.3 Å². The number of rotatable bonds is 3. The predicted octanol–water partition coefficient (Wildman–Crippen LogP) is 11.3. The third-order valence-corrected chi connectivity index (χ3v) is 9.94. The maximum Gasteiger partial charge on any atom is 0.146 e. The van der Waals surface area contributed by atoms with Gasteiger partial charge in [0.15, 0.2) is 0 Å². The van der Waals surface area contributed by atoms with Gasteiger partial charge in [-0.2, -0.15) is 0 Å². The summed E-state index contributed by atoms with van der Waals surface area (Å²) in [5.74, 6) is 1.54. The highest BCUT2D eigenvalue weighted by Gasteiger charge is 2.18. The quantitative estimate of drug-likeness (QED) is 0.190. The largest absolute Gasteiger partial charge is 0.457 e. The van der Waals surface area contributed by atoms with Gasteiger partial charge in [0.25, 0.3) is 0 Å². The van der Waals surface area contributed by atoms with Crippen molar-refractivity contribution in [2.45, 2.75) is 26.2 Å². The highest BCUT2D eigenvalue weighted by molar-refractivity contribution is 7.25. The maximum atomic E-state index is 6.53. The third-order valence-electron chi connectivity index (χ3n) is 8.81. The molecule has 4 aromatic heterocycles. The minimum Gasteiger partial charge on any atom is -0.457 e. The number of ether oxygens (including phenoxy) is 1. The molecule has 45 heavy (non-hydrogen) atoms. The van der Waals surface area contributed by atoms with E-state index in [1.54, 1.807) is 0 Å². The van der Waals surface area contributed by atoms with Crippen molar-refractivity contribution in [1.29, 1.82) is 0 Å². The van der Waals surface area contributed by atoms with Gasteiger partial charge in [0.2, 0.25) is 0 Å². The lowest BCUT2D eigenvalue weighted by Crippen LogP contribution is -2.11. The molecule has 0 atom stereocenters. The zero-order chi connectivity index (χ0) is 30.3. The first-order valence-electron chi connectivity index (χ1n) is 15.2. The van der Waals surface area contributed by atoms with Crippen LogP contribution in [0.4, 0.5) is 0 Å². The molecule has 0 aliphatic carbocycles. The van der Waals surface area contributed by atoms with Crippen LogP contribution in [0.1, 0.15) is 26.3 Å². The van der Waals surface area contributed by atoms with Crippen molar-refractivity contribution in [1.82, 2.24) is 14.4 Å². The number of nitrogens with zero attached hydrogens (tertiary/aromatic N) is 3. The van der Waals surface area contributed by atoms with E-state index in [9.17, 15) is 0 Å². The fourth-order valence-electron chi connectivity index (χ4n) is 6.53. The number of fused-ring (bicyclic) bond motifs is 11. The lowest BCUT2D eigenvalue weighted by molar-refractivity contribution is 0.483. The van der Waals surface area contributed by atoms with Gasteiger partial charge >= 0.3 is 0 Å². The minimum atomic E-state index is 0.0484. The molecule has 0 aliphatic rings. The molecule has 4 heterocycles. The van der Waals surface area contributed by atoms with Crippen molar-refractivity contribution in [3.63, 3.8) is 0 Å². The Morgan fingerprint density at radius 2 is 1.47 bits per heavy atom. The highest BCUT2D eigenvalue weighted by Crippen LogP contribution is 2.41. The van der Waals surface area contributed by atoms with Crippen LogP contribution in [0.25, 0.3) is 69.8 Å². The Labute approximate surface area is 264 Å². The van der Waals surface area contributed by atoms with Crippen molar-refractivity contribution in [2.24, 2.45) is 0 Å². The van der Waals surface area contributed by atoms with Crippen LogP contribution in [0.15, 0.2) is 121 Å². The summed E-state index contributed by atoms with van der Waals surface area (Å²) in [6.45, 7) is 6.67. The second-order valence-electron chi connectivity index (χ2n) is 12.7. The van der Waals surface area contributed by atoms with Crippen LogP contribution in [0.2, 0.25) is 0 Å². The Bertz CT molecular complexity index is 2620. The van der Waals surface area contributed by atoms with Crippen molar-refractivity contribution >= 4 is 69.9 Å². The smallest absolute Gasteiger partial charge is 0.146 e. The van der Waals surface area contributed by atoms with Gasteiger partial charge < -0.3 is 4.74 Å². The normalized spacial score (nSPS) is 12.3. The van der Waals surface area contributed by atoms with Crippen LogP contribution in [0.3, 0.4) is 0 Å². The first kappa shape index (κ1) is 26.2. The van der Waals surface area contributed by atoms with Crippen molar-refractivity contribution in [3.05, 3.63) is 127 Å². The average molecular weight is 600 g/mol. The van der Waals surface area contributed by atoms with Gasteiger partial charge in [0.05, 0.1) is 22.2 Å². The minimum absolute atomic E-state index is 0.0484. The molecule has 9 rings (SSSR count). The van der Waals surface area contributed by atoms with E-state index in [1.807, 2.05) is 29.7 Å². The summed E-state index contributed by atoms with van der Waals surface area (Å²) < 4.78 is 11.4. The van der Waals surface area contributed by atoms with Crippen LogP contribution in [0, 0.1) is 0 Å². The molecule has 0 bridgehead atoms. The molecule has 0 N–H and O–H groups in total. The van der Waals surface area contributed by atoms with Gasteiger partial charge in [0.1, 0.15) is 17.1 Å². The molecule has 0 saturated carbocycles. The number of imidazole rings is 1. The molecule has 4 nitrogen and oxygen atoms in total. The van der Waals surface area contributed by atoms with Crippen LogP contribution in [-0.2, 0) is 5.41 Å². The number of hydrogen-bond donors (Lipinski definition) is 0. The van der Waals surface area contributed by atoms with Crippen LogP contribution in [0.5, 0.6) is 11.5 Å². The molecule has 0 saturated heterocycles. The Balaban J connectivity index is 1.22. The molecule has 216 valence electrons. The number of thiophene rings is 1. The summed E-state index contributed by atoms with van der Waals surface area (Å²) in [6, 6.07) is 40.6. The van der Waals surface area contributed by atoms with Gasteiger partial charge in [-0.1, -0.05) is 63.2 Å². The van der Waals surface area contributed by atoms with Gasteiger partial charge in [-0.3, -0.25) is 9.38 Å². The van der Waals surface area contributed by atoms with E-state index in [4.69, 9.17) is 9.72 Å². The lowest BCUT2D eigenvalue weighted by Gasteiger charge is -2.19. The number of pyridine rings is 2. The van der Waals surface area contributed by atoms with Crippen molar-refractivity contribution in [3.8, 4) is 22.8 Å². The van der Waals surface area contributed by atoms with Gasteiger partial charge in [-0.05, 0) is 89.2 Å². The molecule has 0 amide bonds. The maximum absolute atomic E-state index is 6.53. The fraction of sp³-hybridized carbons (Fsp3) is 0.100. The average Bonchev–Trinajstić information content (AvgIpc) is 3.62. The first-order valence-corrected chi connectivity index (χ1v) is 16.1. The standard InChI is InChI=1S/C40H29N3OS/c1-40(2,3)25-17-18-41-34(20-25)24-9-8-10-26(19-24)44-27-15-16-28-30-23-38-31(29-11-4-7-14-37(29)45-38)22-36(30)43-35-13-6-5-12-33(35)42-39(43)32(28)21-27/h4-23H,1-3H3. The zero-order valence-electron chi connectivity index (χ0n) is 25.2. The summed E-state index contributed by atoms with van der Waals surface area (Å²) in [6.07, 6.45) is 1.89. The molecule has 9 aromatic rings. The second-order valence-corrected chi connectivity index (χ2v) is 13.8. The second kappa shape index (κ2) is 9.62. The number of hydrogen-bond acceptors (Lipinski definition) is 4. The van der Waals surface area contributed by atoms with E-state index in [0.29, 0.717) is 0 Å². The highest BCUT2D eigenvalue weighted by atomic mass is 32.1. The van der Waals surface area contributed by atoms with Crippen LogP contribution < -0.4 is 4.74 Å². The van der Waals surface area contributed by atoms with E-state index in [0.717, 1.165) is 55.7 Å². The summed E-state index contributed by atoms with van der Waals surface area (Å²) in [7, 11) is 0. The fourth-order valence-corrected chi connectivity index (χ4v) is 7.65. The first-order chi connectivity index (χ1) is 21.9. The van der Waals surface area contributed by atoms with Gasteiger partial charge in [-0.25, -0.2) is 4.98 Å². The molecule has 0 aliphatic heterocycles. The molecule has 5 heteroatoms. The Morgan fingerprint density at radius 1 is 0.622 bits per heavy atom. The van der Waals surface area contributed by atoms with Crippen molar-refractivity contribution in [2.75, 3.05) is 0 Å². The van der Waals surface area contributed by atoms with E-state index < -0.39 is 0 Å². The lowest BCUT2D eigenvalue weighted by atomic mass is 9.87. The molecular formula is C40H29N3OS. The monoisotopic (exact) mass is 599 g/mol. The van der Waals surface area contributed by atoms with Crippen molar-refractivity contribution < 1.29 is 4.74 Å². The number of para-hydroxylation sites is 2. The summed E-state index contributed by atoms with van der Waals surface area (Å²) in [5, 5.41) is 6.01. The topological polar surface area (TPSA) is 39.4 Å². The molecule has 0 spiro atoms. The zero-order valence-corrected chi connectivity index (χ0v) is 26.0. The molecule has 0 unspecified atom stereocenters. The molecular weight excluding hydrogens is 571 g/mol. The Hall–Kier alpha value is -5.26. The Kier molecular flexibility index (Phi) is 5.59. The van der Waals surface area contributed by atoms with E-state index in [1.165, 1.54) is 31.1 Å². The predicted molar refractivity (Wildman–Crippen MR) is 189 cm³/mol. The van der Waals surface area contributed by atoms with E-state index in [2.05, 4.69) is 133 Å². The molecule has 0 radical (unpaired) electrons. The molecule has 5 aromatic carbocycles. The van der Waals surface area contributed by atoms with E-state index in [-0.39, 0.29) is 5.41 Å². The third kappa shape index (κ3) is 4.19. The number of aromatic nitrogens is 3. The summed E-state index contributed by atoms with van der Waals surface area (Å²) in [5.41, 5.74) is 7.44. The summed E-state index contributed by atoms with van der Waals surface area (Å²) >= 11 is 1.85. The van der Waals surface area contributed by atoms with Crippen LogP contribution in [-0.4, -0.2) is 14.4 Å². The van der Waals surface area contributed by atoms with Gasteiger partial charge in [0, 0.05) is 42.7 Å².